The number of morpholine rings is 1. The molecule has 1 atom stereocenters. The summed E-state index contributed by atoms with van der Waals surface area (Å²) >= 11 is 0. The highest BCUT2D eigenvalue weighted by Crippen LogP contribution is 2.21. The number of rotatable bonds is 2. The second-order valence-electron chi connectivity index (χ2n) is 6.15. The molecule has 2 aliphatic heterocycles. The maximum atomic E-state index is 12.6. The normalized spacial score (nSPS) is 21.1. The van der Waals surface area contributed by atoms with Crippen molar-refractivity contribution >= 4 is 29.9 Å². The average molecular weight is 354 g/mol. The lowest BCUT2D eigenvalue weighted by Crippen LogP contribution is -2.49. The van der Waals surface area contributed by atoms with Crippen LogP contribution >= 0.6 is 12.4 Å². The molecule has 0 aromatic heterocycles. The largest absolute Gasteiger partial charge is 0.399 e. The molecule has 1 aromatic carbocycles. The van der Waals surface area contributed by atoms with Crippen LogP contribution in [0.3, 0.4) is 0 Å². The highest BCUT2D eigenvalue weighted by Gasteiger charge is 2.32. The Morgan fingerprint density at radius 2 is 1.71 bits per heavy atom. The molecule has 2 N–H and O–H groups in total. The first-order valence-electron chi connectivity index (χ1n) is 8.16. The van der Waals surface area contributed by atoms with E-state index in [1.165, 1.54) is 0 Å². The second kappa shape index (κ2) is 8.35. The van der Waals surface area contributed by atoms with Crippen LogP contribution in [0.15, 0.2) is 24.3 Å². The lowest BCUT2D eigenvalue weighted by atomic mass is 9.95. The fraction of sp³-hybridized carbons (Fsp3) is 0.529. The molecule has 3 rings (SSSR count). The van der Waals surface area contributed by atoms with Crippen molar-refractivity contribution in [3.63, 3.8) is 0 Å². The van der Waals surface area contributed by atoms with Gasteiger partial charge in [-0.3, -0.25) is 9.59 Å². The third-order valence-electron chi connectivity index (χ3n) is 4.54. The monoisotopic (exact) mass is 353 g/mol. The Labute approximate surface area is 148 Å². The number of carbonyl (C=O) groups is 2. The van der Waals surface area contributed by atoms with Gasteiger partial charge >= 0.3 is 0 Å². The summed E-state index contributed by atoms with van der Waals surface area (Å²) in [5.41, 5.74) is 6.93. The number of piperidine rings is 1. The SMILES string of the molecule is Cl.Nc1ccc(C(=O)N2CCCC(C(=O)N3CCOCC3)C2)cc1. The minimum Gasteiger partial charge on any atom is -0.399 e. The summed E-state index contributed by atoms with van der Waals surface area (Å²) in [6.07, 6.45) is 1.71. The van der Waals surface area contributed by atoms with E-state index < -0.39 is 0 Å². The first-order valence-corrected chi connectivity index (χ1v) is 8.16. The van der Waals surface area contributed by atoms with E-state index in [9.17, 15) is 9.59 Å². The van der Waals surface area contributed by atoms with E-state index in [4.69, 9.17) is 10.5 Å². The van der Waals surface area contributed by atoms with Crippen molar-refractivity contribution in [3.8, 4) is 0 Å². The van der Waals surface area contributed by atoms with Gasteiger partial charge in [0.2, 0.25) is 5.91 Å². The summed E-state index contributed by atoms with van der Waals surface area (Å²) in [5, 5.41) is 0. The number of nitrogens with zero attached hydrogens (tertiary/aromatic N) is 2. The Morgan fingerprint density at radius 3 is 2.38 bits per heavy atom. The maximum Gasteiger partial charge on any atom is 0.253 e. The summed E-state index contributed by atoms with van der Waals surface area (Å²) in [6.45, 7) is 3.72. The molecule has 0 bridgehead atoms. The van der Waals surface area contributed by atoms with E-state index in [0.29, 0.717) is 50.6 Å². The molecule has 24 heavy (non-hydrogen) atoms. The lowest BCUT2D eigenvalue weighted by molar-refractivity contribution is -0.141. The van der Waals surface area contributed by atoms with Crippen LogP contribution in [-0.2, 0) is 9.53 Å². The quantitative estimate of drug-likeness (QED) is 0.815. The van der Waals surface area contributed by atoms with Crippen molar-refractivity contribution in [1.82, 2.24) is 9.80 Å². The smallest absolute Gasteiger partial charge is 0.253 e. The molecule has 2 saturated heterocycles. The number of benzene rings is 1. The lowest BCUT2D eigenvalue weighted by Gasteiger charge is -2.36. The second-order valence-corrected chi connectivity index (χ2v) is 6.15. The van der Waals surface area contributed by atoms with Crippen LogP contribution in [0.5, 0.6) is 0 Å². The Morgan fingerprint density at radius 1 is 1.04 bits per heavy atom. The highest BCUT2D eigenvalue weighted by atomic mass is 35.5. The Kier molecular flexibility index (Phi) is 6.45. The molecule has 1 unspecified atom stereocenters. The molecule has 6 nitrogen and oxygen atoms in total. The van der Waals surface area contributed by atoms with Gasteiger partial charge < -0.3 is 20.3 Å². The van der Waals surface area contributed by atoms with Gasteiger partial charge in [-0.2, -0.15) is 0 Å². The third-order valence-corrected chi connectivity index (χ3v) is 4.54. The number of likely N-dealkylation sites (tertiary alicyclic amines) is 1. The number of amides is 2. The predicted octanol–water partition coefficient (Wildman–Crippen LogP) is 1.40. The molecule has 1 aromatic rings. The van der Waals surface area contributed by atoms with Gasteiger partial charge in [0.05, 0.1) is 19.1 Å². The van der Waals surface area contributed by atoms with Gasteiger partial charge in [-0.1, -0.05) is 0 Å². The van der Waals surface area contributed by atoms with Crippen molar-refractivity contribution in [3.05, 3.63) is 29.8 Å². The zero-order chi connectivity index (χ0) is 16.2. The number of nitrogen functional groups attached to an aromatic ring is 1. The van der Waals surface area contributed by atoms with Crippen LogP contribution in [0.1, 0.15) is 23.2 Å². The van der Waals surface area contributed by atoms with Crippen LogP contribution < -0.4 is 5.73 Å². The molecule has 2 heterocycles. The number of ether oxygens (including phenoxy) is 1. The molecule has 0 radical (unpaired) electrons. The van der Waals surface area contributed by atoms with Gasteiger partial charge in [0.15, 0.2) is 0 Å². The van der Waals surface area contributed by atoms with E-state index in [-0.39, 0.29) is 30.1 Å². The maximum absolute atomic E-state index is 12.6. The van der Waals surface area contributed by atoms with Crippen molar-refractivity contribution in [2.24, 2.45) is 5.92 Å². The van der Waals surface area contributed by atoms with Gasteiger partial charge in [0, 0.05) is 37.4 Å². The van der Waals surface area contributed by atoms with Crippen LogP contribution in [0.2, 0.25) is 0 Å². The Bertz CT molecular complexity index is 573. The zero-order valence-corrected chi connectivity index (χ0v) is 14.5. The van der Waals surface area contributed by atoms with Gasteiger partial charge in [-0.15, -0.1) is 12.4 Å². The van der Waals surface area contributed by atoms with Crippen LogP contribution in [0.4, 0.5) is 5.69 Å². The van der Waals surface area contributed by atoms with Crippen molar-refractivity contribution < 1.29 is 14.3 Å². The number of carbonyl (C=O) groups excluding carboxylic acids is 2. The predicted molar refractivity (Wildman–Crippen MR) is 94.1 cm³/mol. The molecule has 0 saturated carbocycles. The summed E-state index contributed by atoms with van der Waals surface area (Å²) in [6, 6.07) is 6.94. The molecule has 2 fully saturated rings. The molecular weight excluding hydrogens is 330 g/mol. The minimum absolute atomic E-state index is 0. The van der Waals surface area contributed by atoms with E-state index in [2.05, 4.69) is 0 Å². The number of nitrogens with two attached hydrogens (primary N) is 1. The molecule has 2 amide bonds. The van der Waals surface area contributed by atoms with E-state index >= 15 is 0 Å². The standard InChI is InChI=1S/C17H23N3O3.ClH/c18-15-5-3-13(4-6-15)16(21)20-7-1-2-14(12-20)17(22)19-8-10-23-11-9-19;/h3-6,14H,1-2,7-12,18H2;1H. The number of hydrogen-bond acceptors (Lipinski definition) is 4. The molecule has 0 spiro atoms. The van der Waals surface area contributed by atoms with Crippen LogP contribution in [0, 0.1) is 5.92 Å². The minimum atomic E-state index is -0.0976. The molecular formula is C17H24ClN3O3. The molecule has 132 valence electrons. The Hall–Kier alpha value is -1.79. The molecule has 7 heteroatoms. The van der Waals surface area contributed by atoms with Crippen molar-refractivity contribution in [2.45, 2.75) is 12.8 Å². The summed E-state index contributed by atoms with van der Waals surface area (Å²) < 4.78 is 5.30. The highest BCUT2D eigenvalue weighted by molar-refractivity contribution is 5.95. The molecule has 2 aliphatic rings. The Balaban J connectivity index is 0.00000208. The van der Waals surface area contributed by atoms with E-state index in [0.717, 1.165) is 12.8 Å². The van der Waals surface area contributed by atoms with Crippen LogP contribution in [-0.4, -0.2) is 61.0 Å². The first kappa shape index (κ1) is 18.5. The number of halogens is 1. The number of hydrogen-bond donors (Lipinski definition) is 1. The van der Waals surface area contributed by atoms with Gasteiger partial charge in [0.25, 0.3) is 5.91 Å². The zero-order valence-electron chi connectivity index (χ0n) is 13.6. The fourth-order valence-electron chi connectivity index (χ4n) is 3.21. The van der Waals surface area contributed by atoms with Gasteiger partial charge in [-0.25, -0.2) is 0 Å². The average Bonchev–Trinajstić information content (AvgIpc) is 2.62. The van der Waals surface area contributed by atoms with E-state index in [1.54, 1.807) is 29.2 Å². The van der Waals surface area contributed by atoms with Crippen molar-refractivity contribution in [1.29, 1.82) is 0 Å². The fourth-order valence-corrected chi connectivity index (χ4v) is 3.21. The first-order chi connectivity index (χ1) is 11.1. The summed E-state index contributed by atoms with van der Waals surface area (Å²) in [7, 11) is 0. The van der Waals surface area contributed by atoms with Crippen LogP contribution in [0.25, 0.3) is 0 Å². The van der Waals surface area contributed by atoms with Gasteiger partial charge in [-0.05, 0) is 37.1 Å². The van der Waals surface area contributed by atoms with E-state index in [1.807, 2.05) is 4.90 Å². The van der Waals surface area contributed by atoms with Crippen molar-refractivity contribution in [2.75, 3.05) is 45.1 Å². The number of anilines is 1. The molecule has 0 aliphatic carbocycles. The van der Waals surface area contributed by atoms with Gasteiger partial charge in [0.1, 0.15) is 0 Å². The topological polar surface area (TPSA) is 75.9 Å². The third kappa shape index (κ3) is 4.19. The summed E-state index contributed by atoms with van der Waals surface area (Å²) in [5.74, 6) is 0.0344. The summed E-state index contributed by atoms with van der Waals surface area (Å²) in [4.78, 5) is 28.9.